The minimum Gasteiger partial charge on any atom is -0.481 e. The number of rotatable bonds is 7. The predicted molar refractivity (Wildman–Crippen MR) is 206 cm³/mol. The van der Waals surface area contributed by atoms with E-state index >= 15 is 0 Å². The molecule has 15 heteroatoms. The van der Waals surface area contributed by atoms with Crippen molar-refractivity contribution in [3.63, 3.8) is 0 Å². The fraction of sp³-hybridized carbons (Fsp3) is 0.400. The largest absolute Gasteiger partial charge is 0.481 e. The van der Waals surface area contributed by atoms with Gasteiger partial charge in [0.25, 0.3) is 11.8 Å². The number of nitrogens with zero attached hydrogens (tertiary/aromatic N) is 2. The molecule has 0 bridgehead atoms. The number of nitrogens with one attached hydrogen (secondary N) is 3. The summed E-state index contributed by atoms with van der Waals surface area (Å²) in [7, 11) is 3.65. The number of hydrogen-bond donors (Lipinski definition) is 5. The van der Waals surface area contributed by atoms with Gasteiger partial charge in [0, 0.05) is 49.8 Å². The second kappa shape index (κ2) is 17.0. The number of halogens is 4. The molecular weight excluding hydrogens is 753 g/mol. The minimum absolute atomic E-state index is 0.0169. The van der Waals surface area contributed by atoms with E-state index in [0.717, 1.165) is 86.5 Å². The third-order valence-corrected chi connectivity index (χ3v) is 10.8. The number of nitrogens with two attached hydrogens (primary N) is 1. The molecule has 4 aliphatic carbocycles. The normalized spacial score (nSPS) is 18.3. The van der Waals surface area contributed by atoms with Gasteiger partial charge in [0.2, 0.25) is 5.91 Å². The number of aryl methyl sites for hydroxylation is 2. The maximum Gasteiger partial charge on any atom is 0.306 e. The van der Waals surface area contributed by atoms with Gasteiger partial charge in [-0.2, -0.15) is 0 Å². The third-order valence-electron chi connectivity index (χ3n) is 10.3. The predicted octanol–water partition coefficient (Wildman–Crippen LogP) is 7.86. The van der Waals surface area contributed by atoms with Gasteiger partial charge in [-0.1, -0.05) is 23.2 Å². The summed E-state index contributed by atoms with van der Waals surface area (Å²) < 4.78 is 30.1. The second-order valence-electron chi connectivity index (χ2n) is 14.5. The van der Waals surface area contributed by atoms with E-state index in [1.165, 1.54) is 36.4 Å². The molecule has 0 radical (unpaired) electrons. The fourth-order valence-electron chi connectivity index (χ4n) is 7.08. The van der Waals surface area contributed by atoms with Crippen molar-refractivity contribution in [2.24, 2.45) is 31.7 Å². The van der Waals surface area contributed by atoms with Crippen LogP contribution in [0.15, 0.2) is 48.8 Å². The van der Waals surface area contributed by atoms with Crippen LogP contribution in [0, 0.1) is 23.5 Å². The summed E-state index contributed by atoms with van der Waals surface area (Å²) >= 11 is 11.5. The molecule has 0 aliphatic heterocycles. The van der Waals surface area contributed by atoms with Crippen LogP contribution in [0.25, 0.3) is 0 Å². The van der Waals surface area contributed by atoms with E-state index in [-0.39, 0.29) is 51.7 Å². The number of anilines is 2. The first kappa shape index (κ1) is 40.0. The zero-order chi connectivity index (χ0) is 39.6. The molecule has 3 amide bonds. The molecule has 6 N–H and O–H groups in total. The molecule has 2 atom stereocenters. The van der Waals surface area contributed by atoms with Crippen LogP contribution in [0.5, 0.6) is 0 Å². The van der Waals surface area contributed by atoms with Gasteiger partial charge in [0.1, 0.15) is 23.0 Å². The number of carbonyl (C=O) groups is 4. The first-order valence-corrected chi connectivity index (χ1v) is 19.1. The number of aliphatic carboxylic acids is 1. The highest BCUT2D eigenvalue weighted by molar-refractivity contribution is 6.31. The molecule has 11 nitrogen and oxygen atoms in total. The number of carboxylic acids is 1. The first-order valence-electron chi connectivity index (χ1n) is 18.4. The van der Waals surface area contributed by atoms with Crippen molar-refractivity contribution >= 4 is 58.3 Å². The van der Waals surface area contributed by atoms with E-state index < -0.39 is 17.6 Å². The number of benzene rings is 2. The Kier molecular flexibility index (Phi) is 12.3. The topological polar surface area (TPSA) is 160 Å². The molecule has 4 aromatic rings. The van der Waals surface area contributed by atoms with Crippen LogP contribution in [-0.2, 0) is 36.5 Å². The molecule has 2 unspecified atom stereocenters. The molecule has 2 aromatic heterocycles. The summed E-state index contributed by atoms with van der Waals surface area (Å²) in [5.74, 6) is -1.88. The second-order valence-corrected chi connectivity index (χ2v) is 15.4. The van der Waals surface area contributed by atoms with E-state index in [4.69, 9.17) is 34.0 Å². The quantitative estimate of drug-likeness (QED) is 0.128. The van der Waals surface area contributed by atoms with Crippen molar-refractivity contribution in [2.75, 3.05) is 10.6 Å². The van der Waals surface area contributed by atoms with E-state index in [1.54, 1.807) is 9.13 Å². The highest BCUT2D eigenvalue weighted by Gasteiger charge is 2.34. The Bertz CT molecular complexity index is 2130. The smallest absolute Gasteiger partial charge is 0.306 e. The third kappa shape index (κ3) is 9.57. The van der Waals surface area contributed by atoms with Crippen molar-refractivity contribution in [1.82, 2.24) is 14.5 Å². The Morgan fingerprint density at radius 3 is 1.65 bits per heavy atom. The van der Waals surface area contributed by atoms with Gasteiger partial charge in [-0.25, -0.2) is 8.78 Å². The van der Waals surface area contributed by atoms with Crippen molar-refractivity contribution in [2.45, 2.75) is 76.3 Å². The van der Waals surface area contributed by atoms with Gasteiger partial charge < -0.3 is 35.9 Å². The molecular formula is C40H44Cl2F2N6O5. The van der Waals surface area contributed by atoms with Gasteiger partial charge >= 0.3 is 5.97 Å². The van der Waals surface area contributed by atoms with Crippen LogP contribution in [0.4, 0.5) is 20.2 Å². The lowest BCUT2D eigenvalue weighted by Crippen LogP contribution is -2.31. The van der Waals surface area contributed by atoms with Crippen molar-refractivity contribution in [1.29, 1.82) is 0 Å². The summed E-state index contributed by atoms with van der Waals surface area (Å²) in [6.45, 7) is 0. The molecule has 2 fully saturated rings. The lowest BCUT2D eigenvalue weighted by atomic mass is 9.89. The monoisotopic (exact) mass is 796 g/mol. The highest BCUT2D eigenvalue weighted by Crippen LogP contribution is 2.36. The van der Waals surface area contributed by atoms with Gasteiger partial charge in [0.15, 0.2) is 0 Å². The van der Waals surface area contributed by atoms with Crippen LogP contribution in [0.2, 0.25) is 10.0 Å². The summed E-state index contributed by atoms with van der Waals surface area (Å²) in [6.07, 6.45) is 12.9. The Balaban J connectivity index is 0.000000165. The number of aromatic nitrogens is 2. The number of carbonyl (C=O) groups excluding carboxylic acids is 3. The Morgan fingerprint density at radius 2 is 1.20 bits per heavy atom. The average Bonchev–Trinajstić information content (AvgIpc) is 4.07. The first-order chi connectivity index (χ1) is 26.2. The molecule has 0 saturated heterocycles. The number of hydrogen-bond acceptors (Lipinski definition) is 5. The van der Waals surface area contributed by atoms with E-state index in [1.807, 2.05) is 26.5 Å². The number of amides is 3. The Labute approximate surface area is 327 Å². The fourth-order valence-corrected chi connectivity index (χ4v) is 7.44. The Morgan fingerprint density at radius 1 is 0.727 bits per heavy atom. The zero-order valence-corrected chi connectivity index (χ0v) is 32.1. The molecule has 292 valence electrons. The van der Waals surface area contributed by atoms with Gasteiger partial charge in [-0.15, -0.1) is 0 Å². The number of fused-ring (bicyclic) bond motifs is 2. The SMILES string of the molecule is Cn1cc2c(c1C(=O)Nc1ccc(F)c(Cl)c1)CCCC2N.Cn1cc2c(c1C(=O)Nc1ccc(F)c(Cl)c1)CCCC2NC(=O)C1CC1.O=C(O)C1CC1. The van der Waals surface area contributed by atoms with Crippen LogP contribution in [-0.4, -0.2) is 37.9 Å². The maximum absolute atomic E-state index is 13.3. The van der Waals surface area contributed by atoms with Gasteiger partial charge in [-0.3, -0.25) is 19.2 Å². The lowest BCUT2D eigenvalue weighted by Gasteiger charge is -2.24. The maximum atomic E-state index is 13.3. The average molecular weight is 798 g/mol. The standard InChI is InChI=1S/C20H21ClFN3O2.C16H17ClFN3O.C4H6O2/c1-25-10-14-13(3-2-4-17(14)24-19(26)11-5-6-11)18(25)20(27)23-12-7-8-16(22)15(21)9-12;1-21-8-11-10(3-2-4-14(11)19)15(21)16(22)20-9-5-6-13(18)12(17)7-9;5-4(6)3-1-2-3/h7-11,17H,2-6H2,1H3,(H,23,27)(H,24,26);5-8,14H,2-4,19H2,1H3,(H,20,22);3H,1-2H2,(H,5,6). The molecule has 2 heterocycles. The van der Waals surface area contributed by atoms with Crippen molar-refractivity contribution in [3.05, 3.63) is 104 Å². The van der Waals surface area contributed by atoms with Crippen molar-refractivity contribution in [3.8, 4) is 0 Å². The summed E-state index contributed by atoms with van der Waals surface area (Å²) in [5.41, 5.74) is 12.2. The molecule has 8 rings (SSSR count). The molecule has 55 heavy (non-hydrogen) atoms. The lowest BCUT2D eigenvalue weighted by molar-refractivity contribution is -0.138. The summed E-state index contributed by atoms with van der Waals surface area (Å²) in [4.78, 5) is 47.3. The zero-order valence-electron chi connectivity index (χ0n) is 30.6. The van der Waals surface area contributed by atoms with E-state index in [0.29, 0.717) is 22.8 Å². The van der Waals surface area contributed by atoms with Crippen LogP contribution in [0.1, 0.15) is 107 Å². The van der Waals surface area contributed by atoms with E-state index in [2.05, 4.69) is 16.0 Å². The highest BCUT2D eigenvalue weighted by atomic mass is 35.5. The molecule has 2 aromatic carbocycles. The summed E-state index contributed by atoms with van der Waals surface area (Å²) in [6, 6.07) is 8.15. The Hall–Kier alpha value is -4.72. The summed E-state index contributed by atoms with van der Waals surface area (Å²) in [5, 5.41) is 16.7. The minimum atomic E-state index is -0.630. The number of carboxylic acid groups (broad SMARTS) is 1. The van der Waals surface area contributed by atoms with E-state index in [9.17, 15) is 28.0 Å². The van der Waals surface area contributed by atoms with Gasteiger partial charge in [-0.05, 0) is 123 Å². The van der Waals surface area contributed by atoms with Crippen LogP contribution >= 0.6 is 23.2 Å². The molecule has 2 saturated carbocycles. The van der Waals surface area contributed by atoms with Crippen LogP contribution < -0.4 is 21.7 Å². The van der Waals surface area contributed by atoms with Crippen molar-refractivity contribution < 1.29 is 33.1 Å². The molecule has 4 aliphatic rings. The van der Waals surface area contributed by atoms with Gasteiger partial charge in [0.05, 0.1) is 22.0 Å². The van der Waals surface area contributed by atoms with Crippen LogP contribution in [0.3, 0.4) is 0 Å². The molecule has 0 spiro atoms.